The number of alkyl halides is 3. The Kier molecular flexibility index (Phi) is 6.74. The zero-order chi connectivity index (χ0) is 22.4. The van der Waals surface area contributed by atoms with E-state index >= 15 is 0 Å². The maximum absolute atomic E-state index is 11.8. The molecule has 0 unspecified atom stereocenters. The van der Waals surface area contributed by atoms with E-state index in [0.29, 0.717) is 11.8 Å². The van der Waals surface area contributed by atoms with Crippen molar-refractivity contribution < 1.29 is 18.0 Å². The van der Waals surface area contributed by atoms with Gasteiger partial charge in [-0.25, -0.2) is 4.98 Å². The first-order valence-corrected chi connectivity index (χ1v) is 9.64. The summed E-state index contributed by atoms with van der Waals surface area (Å²) in [6.45, 7) is 1.98. The van der Waals surface area contributed by atoms with Gasteiger partial charge in [0.15, 0.2) is 0 Å². The first kappa shape index (κ1) is 22.1. The average molecular weight is 429 g/mol. The summed E-state index contributed by atoms with van der Waals surface area (Å²) in [4.78, 5) is 21.6. The summed E-state index contributed by atoms with van der Waals surface area (Å²) < 4.78 is 35.5. The van der Waals surface area contributed by atoms with Gasteiger partial charge < -0.3 is 16.4 Å². The molecule has 1 aliphatic rings. The standard InChI is InChI=1S/C16H17N3O.C6H5F3N2/c17-16(20)13-11-12(14-5-1-2-8-18-14)6-7-15(13)19-9-3-4-10-19;7-6(8,9)4-1-2-5(10)11-3-4/h1-2,5-8,11H,3-4,9-10H2,(H2,17,20);1-3H,(H2,10,11). The van der Waals surface area contributed by atoms with Gasteiger partial charge in [0.1, 0.15) is 5.82 Å². The van der Waals surface area contributed by atoms with Crippen molar-refractivity contribution in [2.75, 3.05) is 23.7 Å². The van der Waals surface area contributed by atoms with Crippen LogP contribution in [0.1, 0.15) is 28.8 Å². The Hall–Kier alpha value is -3.62. The van der Waals surface area contributed by atoms with E-state index in [9.17, 15) is 18.0 Å². The van der Waals surface area contributed by atoms with Crippen molar-refractivity contribution in [1.82, 2.24) is 9.97 Å². The maximum Gasteiger partial charge on any atom is 0.417 e. The summed E-state index contributed by atoms with van der Waals surface area (Å²) in [7, 11) is 0. The number of benzene rings is 1. The summed E-state index contributed by atoms with van der Waals surface area (Å²) in [5, 5.41) is 0. The largest absolute Gasteiger partial charge is 0.417 e. The lowest BCUT2D eigenvalue weighted by molar-refractivity contribution is -0.137. The molecular weight excluding hydrogens is 407 g/mol. The molecule has 1 saturated heterocycles. The molecule has 1 aliphatic heterocycles. The Bertz CT molecular complexity index is 1020. The molecule has 6 nitrogen and oxygen atoms in total. The van der Waals surface area contributed by atoms with Gasteiger partial charge in [-0.15, -0.1) is 0 Å². The minimum Gasteiger partial charge on any atom is -0.384 e. The van der Waals surface area contributed by atoms with Crippen LogP contribution in [0.5, 0.6) is 0 Å². The van der Waals surface area contributed by atoms with Gasteiger partial charge in [-0.3, -0.25) is 9.78 Å². The molecule has 1 fully saturated rings. The van der Waals surface area contributed by atoms with Crippen molar-refractivity contribution >= 4 is 17.4 Å². The Morgan fingerprint density at radius 1 is 1.00 bits per heavy atom. The maximum atomic E-state index is 11.8. The number of anilines is 2. The number of carbonyl (C=O) groups excluding carboxylic acids is 1. The Morgan fingerprint density at radius 3 is 2.29 bits per heavy atom. The predicted molar refractivity (Wildman–Crippen MR) is 113 cm³/mol. The SMILES string of the molecule is NC(=O)c1cc(-c2ccccn2)ccc1N1CCCC1.Nc1ccc(C(F)(F)F)cn1. The number of halogens is 3. The molecule has 0 saturated carbocycles. The number of hydrogen-bond donors (Lipinski definition) is 2. The number of nitrogen functional groups attached to an aromatic ring is 1. The van der Waals surface area contributed by atoms with Gasteiger partial charge in [0, 0.05) is 36.7 Å². The number of amides is 1. The summed E-state index contributed by atoms with van der Waals surface area (Å²) in [6.07, 6.45) is 0.448. The number of nitrogens with zero attached hydrogens (tertiary/aromatic N) is 3. The molecule has 4 rings (SSSR count). The van der Waals surface area contributed by atoms with Crippen molar-refractivity contribution in [1.29, 1.82) is 0 Å². The number of carbonyl (C=O) groups is 1. The summed E-state index contributed by atoms with van der Waals surface area (Å²) >= 11 is 0. The summed E-state index contributed by atoms with van der Waals surface area (Å²) in [5.41, 5.74) is 13.1. The Balaban J connectivity index is 0.000000210. The van der Waals surface area contributed by atoms with Crippen LogP contribution < -0.4 is 16.4 Å². The molecule has 3 heterocycles. The number of pyridine rings is 2. The van der Waals surface area contributed by atoms with E-state index in [1.807, 2.05) is 36.4 Å². The van der Waals surface area contributed by atoms with Crippen LogP contribution in [-0.4, -0.2) is 29.0 Å². The number of rotatable bonds is 3. The lowest BCUT2D eigenvalue weighted by Crippen LogP contribution is -2.23. The third-order valence-corrected chi connectivity index (χ3v) is 4.78. The predicted octanol–water partition coefficient (Wildman–Crippen LogP) is 4.13. The van der Waals surface area contributed by atoms with Crippen molar-refractivity contribution in [2.45, 2.75) is 19.0 Å². The molecule has 31 heavy (non-hydrogen) atoms. The molecule has 0 spiro atoms. The molecule has 0 atom stereocenters. The average Bonchev–Trinajstić information content (AvgIpc) is 3.29. The molecule has 0 radical (unpaired) electrons. The number of aromatic nitrogens is 2. The van der Waals surface area contributed by atoms with E-state index in [0.717, 1.165) is 42.2 Å². The fourth-order valence-corrected chi connectivity index (χ4v) is 3.23. The first-order chi connectivity index (χ1) is 14.8. The second kappa shape index (κ2) is 9.46. The van der Waals surface area contributed by atoms with Crippen molar-refractivity contribution in [3.8, 4) is 11.3 Å². The van der Waals surface area contributed by atoms with Crippen LogP contribution in [0.25, 0.3) is 11.3 Å². The smallest absolute Gasteiger partial charge is 0.384 e. The van der Waals surface area contributed by atoms with Gasteiger partial charge in [-0.1, -0.05) is 12.1 Å². The van der Waals surface area contributed by atoms with Crippen molar-refractivity contribution in [3.05, 3.63) is 72.1 Å². The second-order valence-corrected chi connectivity index (χ2v) is 6.97. The van der Waals surface area contributed by atoms with E-state index in [-0.39, 0.29) is 11.7 Å². The summed E-state index contributed by atoms with van der Waals surface area (Å²) in [6, 6.07) is 13.6. The number of hydrogen-bond acceptors (Lipinski definition) is 5. The molecule has 1 amide bonds. The summed E-state index contributed by atoms with van der Waals surface area (Å²) in [5.74, 6) is -0.303. The van der Waals surface area contributed by atoms with Gasteiger partial charge in [-0.2, -0.15) is 13.2 Å². The molecule has 0 aliphatic carbocycles. The van der Waals surface area contributed by atoms with Crippen molar-refractivity contribution in [2.24, 2.45) is 5.73 Å². The highest BCUT2D eigenvalue weighted by Crippen LogP contribution is 2.29. The topological polar surface area (TPSA) is 98.1 Å². The van der Waals surface area contributed by atoms with Crippen LogP contribution in [0.4, 0.5) is 24.7 Å². The van der Waals surface area contributed by atoms with Crippen molar-refractivity contribution in [3.63, 3.8) is 0 Å². The van der Waals surface area contributed by atoms with E-state index in [4.69, 9.17) is 11.5 Å². The normalized spacial score (nSPS) is 13.5. The van der Waals surface area contributed by atoms with E-state index in [1.165, 1.54) is 12.8 Å². The van der Waals surface area contributed by atoms with Crippen LogP contribution in [-0.2, 0) is 6.18 Å². The van der Waals surface area contributed by atoms with Crippen LogP contribution >= 0.6 is 0 Å². The Labute approximate surface area is 177 Å². The third kappa shape index (κ3) is 5.71. The molecule has 1 aromatic carbocycles. The zero-order valence-corrected chi connectivity index (χ0v) is 16.6. The number of primary amides is 1. The lowest BCUT2D eigenvalue weighted by atomic mass is 10.0. The quantitative estimate of drug-likeness (QED) is 0.652. The zero-order valence-electron chi connectivity index (χ0n) is 16.6. The first-order valence-electron chi connectivity index (χ1n) is 9.64. The molecule has 3 aromatic rings. The minimum atomic E-state index is -4.33. The van der Waals surface area contributed by atoms with Gasteiger partial charge in [0.05, 0.1) is 16.8 Å². The minimum absolute atomic E-state index is 0.0815. The fourth-order valence-electron chi connectivity index (χ4n) is 3.23. The van der Waals surface area contributed by atoms with Crippen LogP contribution in [0, 0.1) is 0 Å². The molecular formula is C22H22F3N5O. The highest BCUT2D eigenvalue weighted by Gasteiger charge is 2.30. The van der Waals surface area contributed by atoms with Gasteiger partial charge >= 0.3 is 6.18 Å². The highest BCUT2D eigenvalue weighted by atomic mass is 19.4. The number of nitrogens with two attached hydrogens (primary N) is 2. The van der Waals surface area contributed by atoms with E-state index in [1.54, 1.807) is 6.20 Å². The van der Waals surface area contributed by atoms with Gasteiger partial charge in [0.2, 0.25) is 0 Å². The molecule has 162 valence electrons. The van der Waals surface area contributed by atoms with E-state index < -0.39 is 11.7 Å². The highest BCUT2D eigenvalue weighted by molar-refractivity contribution is 6.00. The molecule has 2 aromatic heterocycles. The van der Waals surface area contributed by atoms with E-state index in [2.05, 4.69) is 14.9 Å². The Morgan fingerprint density at radius 2 is 1.74 bits per heavy atom. The molecule has 9 heteroatoms. The van der Waals surface area contributed by atoms with Crippen LogP contribution in [0.3, 0.4) is 0 Å². The molecule has 4 N–H and O–H groups in total. The van der Waals surface area contributed by atoms with Gasteiger partial charge in [0.25, 0.3) is 5.91 Å². The second-order valence-electron chi connectivity index (χ2n) is 6.97. The fraction of sp³-hybridized carbons (Fsp3) is 0.227. The lowest BCUT2D eigenvalue weighted by Gasteiger charge is -2.20. The molecule has 0 bridgehead atoms. The van der Waals surface area contributed by atoms with Crippen LogP contribution in [0.15, 0.2) is 60.9 Å². The van der Waals surface area contributed by atoms with Crippen LogP contribution in [0.2, 0.25) is 0 Å². The monoisotopic (exact) mass is 429 g/mol. The third-order valence-electron chi connectivity index (χ3n) is 4.78. The van der Waals surface area contributed by atoms with Gasteiger partial charge in [-0.05, 0) is 49.2 Å².